The van der Waals surface area contributed by atoms with E-state index in [1.165, 1.54) is 12.1 Å². The summed E-state index contributed by atoms with van der Waals surface area (Å²) in [4.78, 5) is 11.6. The van der Waals surface area contributed by atoms with Crippen LogP contribution < -0.4 is 0 Å². The Hall–Kier alpha value is -2.82. The number of hydrogen-bond acceptors (Lipinski definition) is 3. The molecule has 0 saturated carbocycles. The molecule has 2 aromatic rings. The second-order valence-electron chi connectivity index (χ2n) is 6.32. The maximum Gasteiger partial charge on any atom is 0.416 e. The number of alkyl halides is 3. The Balaban J connectivity index is 1.95. The molecule has 3 rings (SSSR count). The molecule has 1 aliphatic carbocycles. The summed E-state index contributed by atoms with van der Waals surface area (Å²) in [7, 11) is 0. The van der Waals surface area contributed by atoms with Gasteiger partial charge in [0.25, 0.3) is 0 Å². The first-order valence-electron chi connectivity index (χ1n) is 8.17. The predicted octanol–water partition coefficient (Wildman–Crippen LogP) is 3.98. The molecule has 0 radical (unpaired) electrons. The third kappa shape index (κ3) is 3.43. The van der Waals surface area contributed by atoms with Crippen molar-refractivity contribution in [1.82, 2.24) is 9.78 Å². The molecule has 0 aliphatic heterocycles. The summed E-state index contributed by atoms with van der Waals surface area (Å²) in [6, 6.07) is 6.83. The van der Waals surface area contributed by atoms with Crippen molar-refractivity contribution in [1.29, 1.82) is 5.26 Å². The summed E-state index contributed by atoms with van der Waals surface area (Å²) >= 11 is 0. The van der Waals surface area contributed by atoms with Gasteiger partial charge in [0.1, 0.15) is 0 Å². The van der Waals surface area contributed by atoms with E-state index in [1.54, 1.807) is 4.68 Å². The monoisotopic (exact) mass is 363 g/mol. The van der Waals surface area contributed by atoms with E-state index in [9.17, 15) is 23.1 Å². The van der Waals surface area contributed by atoms with E-state index >= 15 is 0 Å². The molecule has 0 amide bonds. The largest absolute Gasteiger partial charge is 0.476 e. The van der Waals surface area contributed by atoms with Crippen LogP contribution in [-0.4, -0.2) is 20.9 Å². The number of carbonyl (C=O) groups is 1. The highest BCUT2D eigenvalue weighted by Gasteiger charge is 2.32. The molecule has 26 heavy (non-hydrogen) atoms. The number of carboxylic acids is 1. The topological polar surface area (TPSA) is 78.9 Å². The Morgan fingerprint density at radius 1 is 1.35 bits per heavy atom. The van der Waals surface area contributed by atoms with Crippen LogP contribution in [0, 0.1) is 11.3 Å². The number of hydrogen-bond donors (Lipinski definition) is 1. The summed E-state index contributed by atoms with van der Waals surface area (Å²) in [6.45, 7) is 0.188. The molecule has 1 aromatic carbocycles. The predicted molar refractivity (Wildman–Crippen MR) is 85.6 cm³/mol. The van der Waals surface area contributed by atoms with Crippen LogP contribution in [0.3, 0.4) is 0 Å². The van der Waals surface area contributed by atoms with Gasteiger partial charge in [-0.1, -0.05) is 12.1 Å². The highest BCUT2D eigenvalue weighted by atomic mass is 19.4. The van der Waals surface area contributed by atoms with Crippen molar-refractivity contribution in [3.63, 3.8) is 0 Å². The number of aromatic nitrogens is 2. The van der Waals surface area contributed by atoms with E-state index in [1.807, 2.05) is 0 Å². The third-order valence-corrected chi connectivity index (χ3v) is 4.63. The summed E-state index contributed by atoms with van der Waals surface area (Å²) in [5.41, 5.74) is 1.16. The van der Waals surface area contributed by atoms with Gasteiger partial charge in [-0.2, -0.15) is 23.5 Å². The number of carboxylic acid groups (broad SMARTS) is 1. The van der Waals surface area contributed by atoms with Crippen molar-refractivity contribution in [2.24, 2.45) is 0 Å². The fourth-order valence-corrected chi connectivity index (χ4v) is 3.44. The van der Waals surface area contributed by atoms with E-state index in [2.05, 4.69) is 11.2 Å². The minimum atomic E-state index is -4.40. The van der Waals surface area contributed by atoms with Crippen LogP contribution in [-0.2, 0) is 19.1 Å². The Labute approximate surface area is 147 Å². The fraction of sp³-hybridized carbons (Fsp3) is 0.389. The van der Waals surface area contributed by atoms with Gasteiger partial charge in [0.2, 0.25) is 0 Å². The standard InChI is InChI=1S/C18H16F3N3O2/c19-18(20,21)13-6-4-11(5-7-13)10-24-14-3-1-2-12(8-9-22)15(14)16(23-24)17(25)26/h4-7,12H,1-3,8,10H2,(H,25,26). The lowest BCUT2D eigenvalue weighted by atomic mass is 9.83. The number of nitriles is 1. The first-order chi connectivity index (χ1) is 12.3. The Morgan fingerprint density at radius 2 is 2.04 bits per heavy atom. The molecule has 1 atom stereocenters. The molecule has 1 heterocycles. The van der Waals surface area contributed by atoms with Gasteiger partial charge in [0.15, 0.2) is 5.69 Å². The molecule has 0 bridgehead atoms. The van der Waals surface area contributed by atoms with Crippen LogP contribution in [0.5, 0.6) is 0 Å². The molecule has 8 heteroatoms. The molecular weight excluding hydrogens is 347 g/mol. The van der Waals surface area contributed by atoms with Gasteiger partial charge in [-0.15, -0.1) is 0 Å². The van der Waals surface area contributed by atoms with E-state index in [4.69, 9.17) is 5.26 Å². The highest BCUT2D eigenvalue weighted by Crippen LogP contribution is 2.36. The summed E-state index contributed by atoms with van der Waals surface area (Å²) < 4.78 is 39.6. The molecule has 1 aromatic heterocycles. The number of fused-ring (bicyclic) bond motifs is 1. The highest BCUT2D eigenvalue weighted by molar-refractivity contribution is 5.87. The lowest BCUT2D eigenvalue weighted by molar-refractivity contribution is -0.137. The SMILES string of the molecule is N#CCC1CCCc2c1c(C(=O)O)nn2Cc1ccc(C(F)(F)F)cc1. The van der Waals surface area contributed by atoms with Crippen LogP contribution in [0.1, 0.15) is 58.1 Å². The Kier molecular flexibility index (Phi) is 4.72. The molecule has 0 fully saturated rings. The van der Waals surface area contributed by atoms with Crippen molar-refractivity contribution in [2.45, 2.75) is 44.3 Å². The smallest absolute Gasteiger partial charge is 0.416 e. The van der Waals surface area contributed by atoms with Gasteiger partial charge in [0.05, 0.1) is 18.2 Å². The van der Waals surface area contributed by atoms with Crippen molar-refractivity contribution < 1.29 is 23.1 Å². The summed E-state index contributed by atoms with van der Waals surface area (Å²) in [6.07, 6.45) is -1.99. The Morgan fingerprint density at radius 3 is 2.62 bits per heavy atom. The van der Waals surface area contributed by atoms with Gasteiger partial charge < -0.3 is 5.11 Å². The molecule has 0 spiro atoms. The van der Waals surface area contributed by atoms with Crippen LogP contribution in [0.15, 0.2) is 24.3 Å². The van der Waals surface area contributed by atoms with Gasteiger partial charge in [-0.25, -0.2) is 4.79 Å². The number of nitrogens with zero attached hydrogens (tertiary/aromatic N) is 3. The number of halogens is 3. The lowest BCUT2D eigenvalue weighted by Crippen LogP contribution is -2.14. The second-order valence-corrected chi connectivity index (χ2v) is 6.32. The summed E-state index contributed by atoms with van der Waals surface area (Å²) in [5.74, 6) is -1.33. The van der Waals surface area contributed by atoms with Crippen molar-refractivity contribution in [2.75, 3.05) is 0 Å². The average molecular weight is 363 g/mol. The zero-order chi connectivity index (χ0) is 18.9. The van der Waals surface area contributed by atoms with Crippen molar-refractivity contribution in [3.05, 3.63) is 52.3 Å². The van der Waals surface area contributed by atoms with Gasteiger partial charge in [-0.05, 0) is 37.0 Å². The summed E-state index contributed by atoms with van der Waals surface area (Å²) in [5, 5.41) is 22.6. The van der Waals surface area contributed by atoms with Gasteiger partial charge >= 0.3 is 12.1 Å². The van der Waals surface area contributed by atoms with Crippen LogP contribution in [0.25, 0.3) is 0 Å². The molecule has 1 unspecified atom stereocenters. The quantitative estimate of drug-likeness (QED) is 0.891. The van der Waals surface area contributed by atoms with Crippen molar-refractivity contribution >= 4 is 5.97 Å². The van der Waals surface area contributed by atoms with Crippen molar-refractivity contribution in [3.8, 4) is 6.07 Å². The molecule has 1 aliphatic rings. The van der Waals surface area contributed by atoms with Crippen LogP contribution in [0.2, 0.25) is 0 Å². The van der Waals surface area contributed by atoms with Crippen LogP contribution in [0.4, 0.5) is 13.2 Å². The third-order valence-electron chi connectivity index (χ3n) is 4.63. The molecule has 1 N–H and O–H groups in total. The second kappa shape index (κ2) is 6.83. The first-order valence-corrected chi connectivity index (χ1v) is 8.17. The normalized spacial score (nSPS) is 16.8. The van der Waals surface area contributed by atoms with E-state index in [0.717, 1.165) is 30.7 Å². The van der Waals surface area contributed by atoms with E-state index in [0.29, 0.717) is 17.5 Å². The molecule has 5 nitrogen and oxygen atoms in total. The Bertz CT molecular complexity index is 864. The maximum atomic E-state index is 12.7. The number of rotatable bonds is 4. The molecule has 136 valence electrons. The minimum Gasteiger partial charge on any atom is -0.476 e. The molecule has 0 saturated heterocycles. The van der Waals surface area contributed by atoms with E-state index in [-0.39, 0.29) is 24.6 Å². The van der Waals surface area contributed by atoms with E-state index < -0.39 is 17.7 Å². The first kappa shape index (κ1) is 18.0. The maximum absolute atomic E-state index is 12.7. The van der Waals surface area contributed by atoms with Gasteiger partial charge in [0, 0.05) is 23.6 Å². The minimum absolute atomic E-state index is 0.0631. The zero-order valence-corrected chi connectivity index (χ0v) is 13.8. The zero-order valence-electron chi connectivity index (χ0n) is 13.8. The molecular formula is C18H16F3N3O2. The fourth-order valence-electron chi connectivity index (χ4n) is 3.44. The average Bonchev–Trinajstić information content (AvgIpc) is 2.95. The number of benzene rings is 1. The van der Waals surface area contributed by atoms with Crippen LogP contribution >= 0.6 is 0 Å². The van der Waals surface area contributed by atoms with Gasteiger partial charge in [-0.3, -0.25) is 4.68 Å². The number of aromatic carboxylic acids is 1. The lowest BCUT2D eigenvalue weighted by Gasteiger charge is -2.21.